The molecule has 0 unspecified atom stereocenters. The lowest BCUT2D eigenvalue weighted by molar-refractivity contribution is -0.123. The number of hydrogen-bond donors (Lipinski definition) is 2. The Morgan fingerprint density at radius 2 is 2.06 bits per heavy atom. The molecule has 2 N–H and O–H groups in total. The Labute approximate surface area is 203 Å². The number of halogens is 1. The SMILES string of the molecule is COc1ccc(NC(=O)[C@@H]2CCCN(S(=O)(=O)c3cc4c(cc3C)NC(=O)[C@@H](C)O4)C2)cc1Cl. The quantitative estimate of drug-likeness (QED) is 0.641. The molecule has 2 aliphatic rings. The maximum Gasteiger partial charge on any atom is 0.265 e. The fourth-order valence-electron chi connectivity index (χ4n) is 4.12. The highest BCUT2D eigenvalue weighted by molar-refractivity contribution is 7.89. The number of piperidine rings is 1. The highest BCUT2D eigenvalue weighted by Crippen LogP contribution is 2.36. The molecule has 9 nitrogen and oxygen atoms in total. The van der Waals surface area contributed by atoms with Gasteiger partial charge in [-0.15, -0.1) is 0 Å². The predicted molar refractivity (Wildman–Crippen MR) is 128 cm³/mol. The van der Waals surface area contributed by atoms with E-state index in [-0.39, 0.29) is 23.3 Å². The molecule has 0 spiro atoms. The Kier molecular flexibility index (Phi) is 6.75. The number of amides is 2. The molecule has 1 fully saturated rings. The zero-order chi connectivity index (χ0) is 24.6. The van der Waals surface area contributed by atoms with Crippen LogP contribution in [0, 0.1) is 12.8 Å². The number of hydrogen-bond acceptors (Lipinski definition) is 6. The molecule has 2 atom stereocenters. The smallest absolute Gasteiger partial charge is 0.265 e. The van der Waals surface area contributed by atoms with Gasteiger partial charge in [-0.1, -0.05) is 11.6 Å². The van der Waals surface area contributed by atoms with E-state index in [2.05, 4.69) is 10.6 Å². The van der Waals surface area contributed by atoms with Crippen LogP contribution in [0.2, 0.25) is 5.02 Å². The Bertz CT molecular complexity index is 1250. The van der Waals surface area contributed by atoms with Gasteiger partial charge in [0.1, 0.15) is 11.5 Å². The van der Waals surface area contributed by atoms with Crippen molar-refractivity contribution in [3.8, 4) is 11.5 Å². The van der Waals surface area contributed by atoms with Crippen LogP contribution in [-0.4, -0.2) is 50.8 Å². The summed E-state index contributed by atoms with van der Waals surface area (Å²) in [5.41, 5.74) is 1.43. The summed E-state index contributed by atoms with van der Waals surface area (Å²) in [7, 11) is -2.39. The van der Waals surface area contributed by atoms with Crippen molar-refractivity contribution in [2.24, 2.45) is 5.92 Å². The Hall–Kier alpha value is -2.82. The first-order chi connectivity index (χ1) is 16.1. The van der Waals surface area contributed by atoms with Gasteiger partial charge in [0.15, 0.2) is 6.10 Å². The number of benzene rings is 2. The summed E-state index contributed by atoms with van der Waals surface area (Å²) in [6, 6.07) is 7.95. The molecule has 2 heterocycles. The highest BCUT2D eigenvalue weighted by Gasteiger charge is 2.35. The Balaban J connectivity index is 1.52. The molecule has 0 aliphatic carbocycles. The van der Waals surface area contributed by atoms with Crippen molar-refractivity contribution >= 4 is 44.8 Å². The molecule has 2 aromatic carbocycles. The molecule has 182 valence electrons. The molecule has 11 heteroatoms. The highest BCUT2D eigenvalue weighted by atomic mass is 35.5. The van der Waals surface area contributed by atoms with Crippen LogP contribution >= 0.6 is 11.6 Å². The summed E-state index contributed by atoms with van der Waals surface area (Å²) < 4.78 is 39.1. The monoisotopic (exact) mass is 507 g/mol. The molecule has 0 bridgehead atoms. The minimum atomic E-state index is -3.89. The van der Waals surface area contributed by atoms with Crippen molar-refractivity contribution in [2.75, 3.05) is 30.8 Å². The number of nitrogens with zero attached hydrogens (tertiary/aromatic N) is 1. The lowest BCUT2D eigenvalue weighted by Gasteiger charge is -2.32. The molecule has 0 saturated carbocycles. The summed E-state index contributed by atoms with van der Waals surface area (Å²) >= 11 is 6.13. The second-order valence-electron chi connectivity index (χ2n) is 8.40. The average Bonchev–Trinajstić information content (AvgIpc) is 2.80. The van der Waals surface area contributed by atoms with E-state index >= 15 is 0 Å². The second-order valence-corrected chi connectivity index (χ2v) is 10.7. The Morgan fingerprint density at radius 1 is 1.29 bits per heavy atom. The standard InChI is InChI=1S/C23H26ClN3O6S/c1-13-9-18-20(33-14(2)22(28)26-18)11-21(13)34(30,31)27-8-4-5-15(12-27)23(29)25-16-6-7-19(32-3)17(24)10-16/h6-7,9-11,14-15H,4-5,8,12H2,1-3H3,(H,25,29)(H,26,28)/t14-,15-/m1/s1. The normalized spacial score (nSPS) is 20.6. The number of methoxy groups -OCH3 is 1. The van der Waals surface area contributed by atoms with Crippen LogP contribution in [0.5, 0.6) is 11.5 Å². The van der Waals surface area contributed by atoms with Crippen molar-refractivity contribution in [3.63, 3.8) is 0 Å². The molecule has 0 radical (unpaired) electrons. The molecule has 2 amide bonds. The van der Waals surface area contributed by atoms with Gasteiger partial charge in [-0.3, -0.25) is 9.59 Å². The molecule has 1 saturated heterocycles. The number of carbonyl (C=O) groups excluding carboxylic acids is 2. The van der Waals surface area contributed by atoms with Gasteiger partial charge in [0.05, 0.1) is 28.6 Å². The maximum atomic E-state index is 13.5. The largest absolute Gasteiger partial charge is 0.495 e. The zero-order valence-corrected chi connectivity index (χ0v) is 20.6. The van der Waals surface area contributed by atoms with Crippen molar-refractivity contribution in [1.82, 2.24) is 4.31 Å². The van der Waals surface area contributed by atoms with Crippen molar-refractivity contribution in [2.45, 2.75) is 37.7 Å². The number of ether oxygens (including phenoxy) is 2. The van der Waals surface area contributed by atoms with Gasteiger partial charge in [0.2, 0.25) is 15.9 Å². The summed E-state index contributed by atoms with van der Waals surface area (Å²) in [5.74, 6) is -0.279. The van der Waals surface area contributed by atoms with Gasteiger partial charge in [-0.25, -0.2) is 8.42 Å². The zero-order valence-electron chi connectivity index (χ0n) is 19.1. The summed E-state index contributed by atoms with van der Waals surface area (Å²) in [6.07, 6.45) is 0.395. The molecule has 2 aromatic rings. The van der Waals surface area contributed by atoms with Gasteiger partial charge in [-0.05, 0) is 56.5 Å². The molecular weight excluding hydrogens is 482 g/mol. The third-order valence-electron chi connectivity index (χ3n) is 6.00. The van der Waals surface area contributed by atoms with Crippen molar-refractivity contribution in [3.05, 3.63) is 40.9 Å². The lowest BCUT2D eigenvalue weighted by atomic mass is 9.98. The van der Waals surface area contributed by atoms with E-state index in [1.54, 1.807) is 38.1 Å². The fourth-order valence-corrected chi connectivity index (χ4v) is 6.13. The van der Waals surface area contributed by atoms with E-state index in [1.165, 1.54) is 17.5 Å². The third kappa shape index (κ3) is 4.70. The van der Waals surface area contributed by atoms with E-state index in [9.17, 15) is 18.0 Å². The number of aryl methyl sites for hydroxylation is 1. The van der Waals surface area contributed by atoms with Crippen LogP contribution < -0.4 is 20.1 Å². The van der Waals surface area contributed by atoms with Gasteiger partial charge < -0.3 is 20.1 Å². The van der Waals surface area contributed by atoms with Crippen LogP contribution in [-0.2, 0) is 19.6 Å². The molecular formula is C23H26ClN3O6S. The number of fused-ring (bicyclic) bond motifs is 1. The van der Waals surface area contributed by atoms with Crippen molar-refractivity contribution < 1.29 is 27.5 Å². The Morgan fingerprint density at radius 3 is 2.76 bits per heavy atom. The van der Waals surface area contributed by atoms with E-state index in [0.29, 0.717) is 52.8 Å². The van der Waals surface area contributed by atoms with E-state index in [0.717, 1.165) is 0 Å². The number of anilines is 2. The fraction of sp³-hybridized carbons (Fsp3) is 0.391. The summed E-state index contributed by atoms with van der Waals surface area (Å²) in [5, 5.41) is 5.90. The third-order valence-corrected chi connectivity index (χ3v) is 8.30. The van der Waals surface area contributed by atoms with Crippen molar-refractivity contribution in [1.29, 1.82) is 0 Å². The van der Waals surface area contributed by atoms with Crippen LogP contribution in [0.25, 0.3) is 0 Å². The molecule has 4 rings (SSSR count). The van der Waals surface area contributed by atoms with Gasteiger partial charge in [0, 0.05) is 24.8 Å². The summed E-state index contributed by atoms with van der Waals surface area (Å²) in [6.45, 7) is 3.63. The van der Waals surface area contributed by atoms with E-state index in [4.69, 9.17) is 21.1 Å². The van der Waals surface area contributed by atoms with E-state index < -0.39 is 22.0 Å². The molecule has 0 aromatic heterocycles. The predicted octanol–water partition coefficient (Wildman–Crippen LogP) is 3.42. The van der Waals surface area contributed by atoms with Crippen LogP contribution in [0.1, 0.15) is 25.3 Å². The van der Waals surface area contributed by atoms with Gasteiger partial charge >= 0.3 is 0 Å². The average molecular weight is 508 g/mol. The number of sulfonamides is 1. The summed E-state index contributed by atoms with van der Waals surface area (Å²) in [4.78, 5) is 24.9. The van der Waals surface area contributed by atoms with E-state index in [1.807, 2.05) is 0 Å². The first kappa shape index (κ1) is 24.3. The van der Waals surface area contributed by atoms with Gasteiger partial charge in [0.25, 0.3) is 5.91 Å². The van der Waals surface area contributed by atoms with Crippen LogP contribution in [0.3, 0.4) is 0 Å². The first-order valence-corrected chi connectivity index (χ1v) is 12.7. The second kappa shape index (κ2) is 9.44. The number of nitrogens with one attached hydrogen (secondary N) is 2. The van der Waals surface area contributed by atoms with Gasteiger partial charge in [-0.2, -0.15) is 4.31 Å². The van der Waals surface area contributed by atoms with Crippen LogP contribution in [0.4, 0.5) is 11.4 Å². The van der Waals surface area contributed by atoms with Crippen LogP contribution in [0.15, 0.2) is 35.2 Å². The lowest BCUT2D eigenvalue weighted by Crippen LogP contribution is -2.44. The minimum absolute atomic E-state index is 0.0581. The molecule has 2 aliphatic heterocycles. The minimum Gasteiger partial charge on any atom is -0.495 e. The first-order valence-electron chi connectivity index (χ1n) is 10.9. The topological polar surface area (TPSA) is 114 Å². The maximum absolute atomic E-state index is 13.5. The number of rotatable bonds is 5. The molecule has 34 heavy (non-hydrogen) atoms. The number of carbonyl (C=O) groups is 2.